The molecule has 11 heteroatoms. The van der Waals surface area contributed by atoms with Gasteiger partial charge in [-0.15, -0.1) is 0 Å². The average Bonchev–Trinajstić information content (AvgIpc) is 2.58. The largest absolute Gasteiger partial charge is 0.481 e. The molecule has 8 nitrogen and oxygen atoms in total. The highest BCUT2D eigenvalue weighted by Crippen LogP contribution is 2.47. The lowest BCUT2D eigenvalue weighted by Crippen LogP contribution is -2.42. The molecule has 0 saturated heterocycles. The van der Waals surface area contributed by atoms with Gasteiger partial charge in [0, 0.05) is 6.04 Å². The first-order valence-electron chi connectivity index (χ1n) is 8.64. The van der Waals surface area contributed by atoms with Gasteiger partial charge in [-0.1, -0.05) is 12.1 Å². The Hall–Kier alpha value is -0.860. The van der Waals surface area contributed by atoms with E-state index in [1.54, 1.807) is 38.9 Å². The second-order valence-corrected chi connectivity index (χ2v) is 7.66. The summed E-state index contributed by atoms with van der Waals surface area (Å²) in [5, 5.41) is 19.3. The molecule has 0 amide bonds. The second-order valence-electron chi connectivity index (χ2n) is 5.66. The van der Waals surface area contributed by atoms with E-state index < -0.39 is 21.8 Å². The second kappa shape index (κ2) is 11.1. The number of nitrogens with zero attached hydrogens (tertiary/aromatic N) is 1. The van der Waals surface area contributed by atoms with E-state index in [1.165, 1.54) is 11.8 Å². The topological polar surface area (TPSA) is 97.7 Å². The molecule has 0 saturated carbocycles. The van der Waals surface area contributed by atoms with E-state index in [0.29, 0.717) is 5.75 Å². The Labute approximate surface area is 156 Å². The maximum absolute atomic E-state index is 12.5. The maximum atomic E-state index is 12.5. The first-order chi connectivity index (χ1) is 12.2. The predicted octanol–water partition coefficient (Wildman–Crippen LogP) is 2.80. The zero-order valence-electron chi connectivity index (χ0n) is 16.0. The summed E-state index contributed by atoms with van der Waals surface area (Å²) in [6, 6.07) is 6.71. The van der Waals surface area contributed by atoms with E-state index in [0.717, 1.165) is 5.56 Å². The highest BCUT2D eigenvalue weighted by Gasteiger charge is 2.28. The third-order valence-electron chi connectivity index (χ3n) is 3.41. The summed E-state index contributed by atoms with van der Waals surface area (Å²) in [4.78, 5) is 1.29. The molecule has 2 N–H and O–H groups in total. The molecule has 1 rings (SSSR count). The van der Waals surface area contributed by atoms with E-state index in [4.69, 9.17) is 18.5 Å². The molecule has 26 heavy (non-hydrogen) atoms. The summed E-state index contributed by atoms with van der Waals surface area (Å²) < 4.78 is 33.7. The quantitative estimate of drug-likeness (QED) is 0.321. The van der Waals surface area contributed by atoms with Crippen LogP contribution in [0.2, 0.25) is 13.6 Å². The Morgan fingerprint density at radius 2 is 1.81 bits per heavy atom. The molecular weight excluding hydrogens is 359 g/mol. The van der Waals surface area contributed by atoms with Crippen molar-refractivity contribution >= 4 is 21.8 Å². The van der Waals surface area contributed by atoms with Gasteiger partial charge in [0.1, 0.15) is 5.75 Å². The van der Waals surface area contributed by atoms with Gasteiger partial charge in [-0.2, -0.15) is 0 Å². The Morgan fingerprint density at radius 3 is 2.31 bits per heavy atom. The lowest BCUT2D eigenvalue weighted by molar-refractivity contribution is -0.0398. The van der Waals surface area contributed by atoms with Gasteiger partial charge >= 0.3 is 21.8 Å². The number of benzene rings is 1. The highest BCUT2D eigenvalue weighted by atomic mass is 31.2. The van der Waals surface area contributed by atoms with Crippen molar-refractivity contribution in [3.05, 3.63) is 29.8 Å². The van der Waals surface area contributed by atoms with E-state index in [1.807, 2.05) is 13.0 Å². The summed E-state index contributed by atoms with van der Waals surface area (Å²) in [7, 11) is -5.30. The molecule has 0 aliphatic heterocycles. The van der Waals surface area contributed by atoms with Crippen LogP contribution < -0.4 is 4.74 Å². The average molecular weight is 387 g/mol. The van der Waals surface area contributed by atoms with Gasteiger partial charge < -0.3 is 28.6 Å². The fourth-order valence-corrected chi connectivity index (χ4v) is 3.67. The fourth-order valence-electron chi connectivity index (χ4n) is 2.35. The van der Waals surface area contributed by atoms with Crippen LogP contribution in [-0.4, -0.2) is 48.8 Å². The van der Waals surface area contributed by atoms with Crippen LogP contribution in [0.1, 0.15) is 32.4 Å². The molecular formula is C15H28B2NO7P. The minimum absolute atomic E-state index is 0.198. The predicted molar refractivity (Wildman–Crippen MR) is 102 cm³/mol. The number of hydroxylamine groups is 1. The van der Waals surface area contributed by atoms with Crippen molar-refractivity contribution in [1.82, 2.24) is 4.97 Å². The molecule has 1 aromatic carbocycles. The molecule has 0 aliphatic carbocycles. The molecule has 0 spiro atoms. The Kier molecular flexibility index (Phi) is 9.89. The summed E-state index contributed by atoms with van der Waals surface area (Å²) in [5.74, 6) is 0.483. The van der Waals surface area contributed by atoms with Crippen molar-refractivity contribution in [3.63, 3.8) is 0 Å². The van der Waals surface area contributed by atoms with Crippen LogP contribution in [-0.2, 0) is 18.4 Å². The normalized spacial score (nSPS) is 12.9. The smallest absolute Gasteiger partial charge is 0.467 e. The fraction of sp³-hybridized carbons (Fsp3) is 0.600. The summed E-state index contributed by atoms with van der Waals surface area (Å²) in [6.45, 7) is 8.82. The van der Waals surface area contributed by atoms with Crippen LogP contribution in [0, 0.1) is 0 Å². The Bertz CT molecular complexity index is 581. The van der Waals surface area contributed by atoms with Gasteiger partial charge in [-0.3, -0.25) is 4.57 Å². The molecule has 0 heterocycles. The molecule has 0 aromatic heterocycles. The summed E-state index contributed by atoms with van der Waals surface area (Å²) in [5.41, 5.74) is 0.784. The molecule has 0 bridgehead atoms. The van der Waals surface area contributed by atoms with Crippen molar-refractivity contribution in [2.24, 2.45) is 0 Å². The van der Waals surface area contributed by atoms with Crippen LogP contribution >= 0.6 is 7.60 Å². The number of hydrogen-bond acceptors (Lipinski definition) is 8. The van der Waals surface area contributed by atoms with E-state index in [9.17, 15) is 14.6 Å². The zero-order valence-corrected chi connectivity index (χ0v) is 16.9. The van der Waals surface area contributed by atoms with Gasteiger partial charge in [0.05, 0.1) is 13.2 Å². The number of ether oxygens (including phenoxy) is 1. The highest BCUT2D eigenvalue weighted by molar-refractivity contribution is 7.53. The van der Waals surface area contributed by atoms with Crippen LogP contribution in [0.5, 0.6) is 5.75 Å². The van der Waals surface area contributed by atoms with Gasteiger partial charge in [0.2, 0.25) is 0 Å². The van der Waals surface area contributed by atoms with Crippen molar-refractivity contribution in [1.29, 1.82) is 0 Å². The van der Waals surface area contributed by atoms with Crippen molar-refractivity contribution in [2.45, 2.75) is 40.5 Å². The van der Waals surface area contributed by atoms with Gasteiger partial charge in [-0.25, -0.2) is 4.97 Å². The van der Waals surface area contributed by atoms with Gasteiger partial charge in [0.25, 0.3) is 0 Å². The Morgan fingerprint density at radius 1 is 1.19 bits per heavy atom. The molecule has 1 aromatic rings. The van der Waals surface area contributed by atoms with Gasteiger partial charge in [-0.05, 0) is 52.1 Å². The third-order valence-corrected chi connectivity index (χ3v) is 5.15. The van der Waals surface area contributed by atoms with Crippen LogP contribution in [0.4, 0.5) is 0 Å². The monoisotopic (exact) mass is 387 g/mol. The van der Waals surface area contributed by atoms with Gasteiger partial charge in [0.15, 0.2) is 6.35 Å². The van der Waals surface area contributed by atoms with Crippen LogP contribution in [0.15, 0.2) is 24.3 Å². The molecule has 0 radical (unpaired) electrons. The van der Waals surface area contributed by atoms with Crippen LogP contribution in [0.25, 0.3) is 0 Å². The maximum Gasteiger partial charge on any atom is 0.467 e. The molecule has 146 valence electrons. The van der Waals surface area contributed by atoms with E-state index in [-0.39, 0.29) is 25.6 Å². The zero-order chi connectivity index (χ0) is 19.7. The van der Waals surface area contributed by atoms with Crippen molar-refractivity contribution in [3.8, 4) is 5.75 Å². The Balaban J connectivity index is 2.88. The summed E-state index contributed by atoms with van der Waals surface area (Å²) >= 11 is 0. The lowest BCUT2D eigenvalue weighted by Gasteiger charge is -2.30. The first kappa shape index (κ1) is 23.2. The molecule has 0 aliphatic rings. The minimum atomic E-state index is -3.31. The minimum Gasteiger partial charge on any atom is -0.481 e. The van der Waals surface area contributed by atoms with Crippen LogP contribution in [0.3, 0.4) is 0 Å². The standard InChI is InChI=1S/C15H28B2NO7P/c1-6-23-26(21,24-7-2)12-22-15-10-8-9-14(11-15)13(3)18(16(4)19)25-17(5)20/h8-11,13,19-20H,6-7,12H2,1-5H3. The van der Waals surface area contributed by atoms with Crippen molar-refractivity contribution in [2.75, 3.05) is 19.6 Å². The summed E-state index contributed by atoms with van der Waals surface area (Å²) in [6.07, 6.45) is -0.198. The third kappa shape index (κ3) is 7.40. The number of rotatable bonds is 12. The van der Waals surface area contributed by atoms with Crippen molar-refractivity contribution < 1.29 is 33.2 Å². The van der Waals surface area contributed by atoms with E-state index in [2.05, 4.69) is 0 Å². The molecule has 0 fully saturated rings. The molecule has 1 unspecified atom stereocenters. The lowest BCUT2D eigenvalue weighted by atomic mass is 9.84. The first-order valence-corrected chi connectivity index (χ1v) is 10.4. The molecule has 1 atom stereocenters. The number of hydrogen-bond donors (Lipinski definition) is 2. The SMILES string of the molecule is CCOP(=O)(COc1cccc(C(C)N(OB(C)O)B(C)O)c1)OCC. The van der Waals surface area contributed by atoms with E-state index >= 15 is 0 Å².